The van der Waals surface area contributed by atoms with Crippen LogP contribution in [-0.2, 0) is 4.74 Å². The summed E-state index contributed by atoms with van der Waals surface area (Å²) >= 11 is 5.78. The number of halogens is 1. The third-order valence-corrected chi connectivity index (χ3v) is 1.73. The molecule has 0 fully saturated rings. The molecule has 1 aromatic carbocycles. The van der Waals surface area contributed by atoms with Gasteiger partial charge >= 0.3 is 0 Å². The van der Waals surface area contributed by atoms with E-state index >= 15 is 0 Å². The van der Waals surface area contributed by atoms with Gasteiger partial charge in [-0.25, -0.2) is 0 Å². The molecule has 0 N–H and O–H groups in total. The van der Waals surface area contributed by atoms with Crippen molar-refractivity contribution in [1.82, 2.24) is 0 Å². The molecule has 0 radical (unpaired) electrons. The van der Waals surface area contributed by atoms with E-state index in [4.69, 9.17) is 21.1 Å². The Morgan fingerprint density at radius 3 is 2.85 bits per heavy atom. The third kappa shape index (κ3) is 3.66. The van der Waals surface area contributed by atoms with E-state index in [2.05, 4.69) is 0 Å². The summed E-state index contributed by atoms with van der Waals surface area (Å²) in [5.74, 6) is 0.730. The summed E-state index contributed by atoms with van der Waals surface area (Å²) in [7, 11) is 0. The maximum absolute atomic E-state index is 5.78. The summed E-state index contributed by atoms with van der Waals surface area (Å²) in [5, 5.41) is 0.668. The fraction of sp³-hybridized carbons (Fsp3) is 0.400. The molecule has 0 aliphatic heterocycles. The van der Waals surface area contributed by atoms with E-state index in [9.17, 15) is 0 Å². The van der Waals surface area contributed by atoms with Crippen molar-refractivity contribution in [3.8, 4) is 5.75 Å². The summed E-state index contributed by atoms with van der Waals surface area (Å²) in [6, 6.07) is 7.26. The van der Waals surface area contributed by atoms with Crippen LogP contribution in [0.15, 0.2) is 24.3 Å². The first-order chi connectivity index (χ1) is 6.22. The topological polar surface area (TPSA) is 18.5 Å². The Hall–Kier alpha value is -0.730. The van der Waals surface area contributed by atoms with E-state index in [0.29, 0.717) is 11.6 Å². The second-order valence-electron chi connectivity index (χ2n) is 2.60. The van der Waals surface area contributed by atoms with Crippen LogP contribution in [0.5, 0.6) is 5.75 Å². The molecule has 0 amide bonds. The van der Waals surface area contributed by atoms with Gasteiger partial charge in [-0.2, -0.15) is 0 Å². The zero-order chi connectivity index (χ0) is 9.68. The van der Waals surface area contributed by atoms with E-state index in [1.807, 2.05) is 26.0 Å². The average Bonchev–Trinajstić information content (AvgIpc) is 2.04. The third-order valence-electron chi connectivity index (χ3n) is 1.50. The van der Waals surface area contributed by atoms with Crippen LogP contribution in [0, 0.1) is 0 Å². The van der Waals surface area contributed by atoms with E-state index in [1.54, 1.807) is 12.1 Å². The van der Waals surface area contributed by atoms with Gasteiger partial charge in [0.25, 0.3) is 0 Å². The summed E-state index contributed by atoms with van der Waals surface area (Å²) < 4.78 is 10.6. The van der Waals surface area contributed by atoms with Crippen LogP contribution in [0.2, 0.25) is 5.02 Å². The molecule has 0 spiro atoms. The van der Waals surface area contributed by atoms with Crippen molar-refractivity contribution in [2.75, 3.05) is 6.61 Å². The quantitative estimate of drug-likeness (QED) is 0.696. The lowest BCUT2D eigenvalue weighted by atomic mass is 10.3. The van der Waals surface area contributed by atoms with Gasteiger partial charge in [-0.1, -0.05) is 17.7 Å². The van der Waals surface area contributed by atoms with Crippen LogP contribution in [-0.4, -0.2) is 12.9 Å². The van der Waals surface area contributed by atoms with Gasteiger partial charge in [-0.3, -0.25) is 0 Å². The predicted molar refractivity (Wildman–Crippen MR) is 53.2 cm³/mol. The SMILES string of the molecule is CCOC(C)Oc1cccc(Cl)c1. The van der Waals surface area contributed by atoms with E-state index in [1.165, 1.54) is 0 Å². The summed E-state index contributed by atoms with van der Waals surface area (Å²) in [5.41, 5.74) is 0. The Labute approximate surface area is 83.4 Å². The fourth-order valence-electron chi connectivity index (χ4n) is 1.00. The van der Waals surface area contributed by atoms with Crippen molar-refractivity contribution in [2.45, 2.75) is 20.1 Å². The van der Waals surface area contributed by atoms with Crippen LogP contribution in [0.1, 0.15) is 13.8 Å². The average molecular weight is 201 g/mol. The molecule has 0 saturated heterocycles. The van der Waals surface area contributed by atoms with Gasteiger partial charge in [0, 0.05) is 11.6 Å². The Balaban J connectivity index is 2.53. The number of benzene rings is 1. The van der Waals surface area contributed by atoms with Gasteiger partial charge in [0.2, 0.25) is 0 Å². The maximum atomic E-state index is 5.78. The molecule has 1 atom stereocenters. The molecule has 0 heterocycles. The second-order valence-corrected chi connectivity index (χ2v) is 3.03. The maximum Gasteiger partial charge on any atom is 0.196 e. The molecule has 0 bridgehead atoms. The highest BCUT2D eigenvalue weighted by atomic mass is 35.5. The van der Waals surface area contributed by atoms with Crippen LogP contribution in [0.4, 0.5) is 0 Å². The predicted octanol–water partition coefficient (Wildman–Crippen LogP) is 3.10. The van der Waals surface area contributed by atoms with Crippen molar-refractivity contribution < 1.29 is 9.47 Å². The lowest BCUT2D eigenvalue weighted by Crippen LogP contribution is -2.15. The largest absolute Gasteiger partial charge is 0.465 e. The molecule has 1 unspecified atom stereocenters. The highest BCUT2D eigenvalue weighted by molar-refractivity contribution is 6.30. The molecule has 13 heavy (non-hydrogen) atoms. The molecule has 2 nitrogen and oxygen atoms in total. The van der Waals surface area contributed by atoms with E-state index < -0.39 is 0 Å². The standard InChI is InChI=1S/C10H13ClO2/c1-3-12-8(2)13-10-6-4-5-9(11)7-10/h4-8H,3H2,1-2H3. The van der Waals surface area contributed by atoms with Crippen LogP contribution in [0.25, 0.3) is 0 Å². The van der Waals surface area contributed by atoms with Gasteiger partial charge in [0.15, 0.2) is 6.29 Å². The molecule has 0 saturated carbocycles. The minimum absolute atomic E-state index is 0.233. The Bertz CT molecular complexity index is 263. The highest BCUT2D eigenvalue weighted by Gasteiger charge is 2.02. The van der Waals surface area contributed by atoms with Gasteiger partial charge in [-0.15, -0.1) is 0 Å². The van der Waals surface area contributed by atoms with E-state index in [-0.39, 0.29) is 6.29 Å². The zero-order valence-corrected chi connectivity index (χ0v) is 8.54. The number of hydrogen-bond donors (Lipinski definition) is 0. The lowest BCUT2D eigenvalue weighted by molar-refractivity contribution is -0.0613. The first-order valence-corrected chi connectivity index (χ1v) is 4.64. The van der Waals surface area contributed by atoms with Crippen molar-refractivity contribution >= 4 is 11.6 Å². The molecule has 0 aliphatic rings. The zero-order valence-electron chi connectivity index (χ0n) is 7.79. The van der Waals surface area contributed by atoms with Crippen molar-refractivity contribution in [2.24, 2.45) is 0 Å². The van der Waals surface area contributed by atoms with Crippen LogP contribution >= 0.6 is 11.6 Å². The molecule has 3 heteroatoms. The normalized spacial score (nSPS) is 12.5. The molecular weight excluding hydrogens is 188 g/mol. The molecule has 0 aromatic heterocycles. The van der Waals surface area contributed by atoms with Crippen molar-refractivity contribution in [3.63, 3.8) is 0 Å². The Kier molecular flexibility index (Phi) is 4.06. The Morgan fingerprint density at radius 1 is 1.46 bits per heavy atom. The molecular formula is C10H13ClO2. The first-order valence-electron chi connectivity index (χ1n) is 4.26. The van der Waals surface area contributed by atoms with Gasteiger partial charge in [0.05, 0.1) is 0 Å². The number of rotatable bonds is 4. The fourth-order valence-corrected chi connectivity index (χ4v) is 1.18. The monoisotopic (exact) mass is 200 g/mol. The second kappa shape index (κ2) is 5.10. The minimum atomic E-state index is -0.233. The van der Waals surface area contributed by atoms with Gasteiger partial charge < -0.3 is 9.47 Å². The van der Waals surface area contributed by atoms with Crippen LogP contribution < -0.4 is 4.74 Å². The molecule has 0 aliphatic carbocycles. The van der Waals surface area contributed by atoms with Crippen molar-refractivity contribution in [3.05, 3.63) is 29.3 Å². The first kappa shape index (κ1) is 10.4. The van der Waals surface area contributed by atoms with Crippen molar-refractivity contribution in [1.29, 1.82) is 0 Å². The Morgan fingerprint density at radius 2 is 2.23 bits per heavy atom. The summed E-state index contributed by atoms with van der Waals surface area (Å²) in [6.07, 6.45) is -0.233. The minimum Gasteiger partial charge on any atom is -0.465 e. The van der Waals surface area contributed by atoms with Crippen LogP contribution in [0.3, 0.4) is 0 Å². The van der Waals surface area contributed by atoms with Gasteiger partial charge in [-0.05, 0) is 32.0 Å². The summed E-state index contributed by atoms with van der Waals surface area (Å²) in [4.78, 5) is 0. The number of ether oxygens (including phenoxy) is 2. The summed E-state index contributed by atoms with van der Waals surface area (Å²) in [6.45, 7) is 4.42. The smallest absolute Gasteiger partial charge is 0.196 e. The number of hydrogen-bond acceptors (Lipinski definition) is 2. The highest BCUT2D eigenvalue weighted by Crippen LogP contribution is 2.18. The van der Waals surface area contributed by atoms with Gasteiger partial charge in [0.1, 0.15) is 5.75 Å². The molecule has 72 valence electrons. The molecule has 1 rings (SSSR count). The van der Waals surface area contributed by atoms with E-state index in [0.717, 1.165) is 5.75 Å². The lowest BCUT2D eigenvalue weighted by Gasteiger charge is -2.13. The molecule has 1 aromatic rings.